The molecule has 82 valence electrons. The average molecular weight is 345 g/mol. The number of nitrogens with one attached hydrogen (secondary N) is 1. The van der Waals surface area contributed by atoms with Gasteiger partial charge in [-0.25, -0.2) is 4.98 Å². The van der Waals surface area contributed by atoms with Gasteiger partial charge in [0.25, 0.3) is 0 Å². The monoisotopic (exact) mass is 344 g/mol. The van der Waals surface area contributed by atoms with E-state index in [-0.39, 0.29) is 0 Å². The van der Waals surface area contributed by atoms with Crippen molar-refractivity contribution < 1.29 is 0 Å². The molecule has 1 saturated carbocycles. The molecule has 1 heterocycles. The molecule has 0 aliphatic heterocycles. The van der Waals surface area contributed by atoms with Crippen LogP contribution in [0.2, 0.25) is 5.02 Å². The first-order valence-electron chi connectivity index (χ1n) is 5.24. The minimum atomic E-state index is 0.697. The lowest BCUT2D eigenvalue weighted by Crippen LogP contribution is -1.84. The summed E-state index contributed by atoms with van der Waals surface area (Å²) >= 11 is 8.45. The minimum Gasteiger partial charge on any atom is -0.342 e. The molecule has 4 heteroatoms. The van der Waals surface area contributed by atoms with Gasteiger partial charge in [-0.3, -0.25) is 0 Å². The maximum atomic E-state index is 6.17. The molecule has 1 N–H and O–H groups in total. The van der Waals surface area contributed by atoms with Crippen LogP contribution in [0, 0.1) is 3.57 Å². The first-order valence-corrected chi connectivity index (χ1v) is 6.70. The van der Waals surface area contributed by atoms with E-state index in [0.717, 1.165) is 16.4 Å². The second-order valence-corrected chi connectivity index (χ2v) is 5.74. The van der Waals surface area contributed by atoms with Crippen LogP contribution < -0.4 is 0 Å². The first kappa shape index (κ1) is 10.6. The van der Waals surface area contributed by atoms with E-state index in [1.807, 2.05) is 18.3 Å². The first-order chi connectivity index (χ1) is 7.74. The summed E-state index contributed by atoms with van der Waals surface area (Å²) in [6, 6.07) is 5.97. The van der Waals surface area contributed by atoms with Gasteiger partial charge in [0.2, 0.25) is 0 Å². The lowest BCUT2D eigenvalue weighted by molar-refractivity contribution is 1.05. The molecule has 1 aliphatic carbocycles. The predicted octanol–water partition coefficient (Wildman–Crippen LogP) is 4.21. The summed E-state index contributed by atoms with van der Waals surface area (Å²) in [5.41, 5.74) is 2.23. The van der Waals surface area contributed by atoms with E-state index < -0.39 is 0 Å². The normalized spacial score (nSPS) is 15.4. The van der Waals surface area contributed by atoms with Crippen molar-refractivity contribution in [1.29, 1.82) is 0 Å². The second kappa shape index (κ2) is 4.04. The van der Waals surface area contributed by atoms with Crippen molar-refractivity contribution in [2.75, 3.05) is 0 Å². The number of hydrogen-bond acceptors (Lipinski definition) is 1. The van der Waals surface area contributed by atoms with Gasteiger partial charge >= 0.3 is 0 Å². The molecule has 0 unspecified atom stereocenters. The Morgan fingerprint density at radius 3 is 2.94 bits per heavy atom. The number of nitrogens with zero attached hydrogens (tertiary/aromatic N) is 1. The summed E-state index contributed by atoms with van der Waals surface area (Å²) in [5, 5.41) is 0.747. The zero-order chi connectivity index (χ0) is 11.1. The highest BCUT2D eigenvalue weighted by Crippen LogP contribution is 2.40. The lowest BCUT2D eigenvalue weighted by Gasteiger charge is -2.01. The highest BCUT2D eigenvalue weighted by molar-refractivity contribution is 14.1. The Bertz CT molecular complexity index is 532. The molecule has 1 aliphatic rings. The Hall–Kier alpha value is -0.550. The Balaban J connectivity index is 2.03. The van der Waals surface area contributed by atoms with Gasteiger partial charge in [-0.05, 0) is 53.6 Å². The Kier molecular flexibility index (Phi) is 2.67. The van der Waals surface area contributed by atoms with Gasteiger partial charge in [0.05, 0.1) is 5.02 Å². The molecule has 1 aromatic heterocycles. The molecule has 16 heavy (non-hydrogen) atoms. The van der Waals surface area contributed by atoms with Crippen molar-refractivity contribution in [2.45, 2.75) is 18.8 Å². The van der Waals surface area contributed by atoms with Gasteiger partial charge in [-0.15, -0.1) is 0 Å². The summed E-state index contributed by atoms with van der Waals surface area (Å²) in [6.07, 6.45) is 4.49. The van der Waals surface area contributed by atoms with Gasteiger partial charge in [0.1, 0.15) is 5.82 Å². The van der Waals surface area contributed by atoms with Crippen LogP contribution in [-0.2, 0) is 0 Å². The fourth-order valence-electron chi connectivity index (χ4n) is 1.75. The minimum absolute atomic E-state index is 0.697. The van der Waals surface area contributed by atoms with Gasteiger partial charge in [0, 0.05) is 26.9 Å². The van der Waals surface area contributed by atoms with Crippen molar-refractivity contribution in [3.63, 3.8) is 0 Å². The highest BCUT2D eigenvalue weighted by atomic mass is 127. The highest BCUT2D eigenvalue weighted by Gasteiger charge is 2.25. The third-order valence-corrected chi connectivity index (χ3v) is 3.80. The Morgan fingerprint density at radius 1 is 1.38 bits per heavy atom. The van der Waals surface area contributed by atoms with Gasteiger partial charge in [0.15, 0.2) is 0 Å². The molecule has 0 bridgehead atoms. The largest absolute Gasteiger partial charge is 0.342 e. The number of rotatable bonds is 2. The molecule has 2 aromatic rings. The number of H-pyrrole nitrogens is 1. The summed E-state index contributed by atoms with van der Waals surface area (Å²) < 4.78 is 1.17. The third kappa shape index (κ3) is 1.98. The molecular formula is C12H10ClIN2. The zero-order valence-electron chi connectivity index (χ0n) is 8.50. The summed E-state index contributed by atoms with van der Waals surface area (Å²) in [6.45, 7) is 0. The fourth-order valence-corrected chi connectivity index (χ4v) is 2.45. The molecule has 2 nitrogen and oxygen atoms in total. The fraction of sp³-hybridized carbons (Fsp3) is 0.250. The van der Waals surface area contributed by atoms with E-state index in [2.05, 4.69) is 38.6 Å². The second-order valence-electron chi connectivity index (χ2n) is 4.09. The molecule has 0 saturated heterocycles. The van der Waals surface area contributed by atoms with E-state index >= 15 is 0 Å². The van der Waals surface area contributed by atoms with Gasteiger partial charge in [-0.1, -0.05) is 11.6 Å². The standard InChI is InChI=1S/C12H10ClIN2/c13-10-4-3-8(14)5-9(10)12-15-6-11(16-12)7-1-2-7/h3-7H,1-2H2,(H,15,16). The third-order valence-electron chi connectivity index (χ3n) is 2.80. The quantitative estimate of drug-likeness (QED) is 0.812. The number of imidazole rings is 1. The smallest absolute Gasteiger partial charge is 0.139 e. The molecule has 3 rings (SSSR count). The van der Waals surface area contributed by atoms with Crippen LogP contribution in [0.5, 0.6) is 0 Å². The molecule has 1 fully saturated rings. The van der Waals surface area contributed by atoms with Gasteiger partial charge in [-0.2, -0.15) is 0 Å². The van der Waals surface area contributed by atoms with Crippen molar-refractivity contribution >= 4 is 34.2 Å². The maximum Gasteiger partial charge on any atom is 0.139 e. The number of halogens is 2. The Morgan fingerprint density at radius 2 is 2.19 bits per heavy atom. The van der Waals surface area contributed by atoms with Crippen LogP contribution in [-0.4, -0.2) is 9.97 Å². The van der Waals surface area contributed by atoms with Crippen molar-refractivity contribution in [3.05, 3.63) is 38.7 Å². The number of benzene rings is 1. The van der Waals surface area contributed by atoms with Crippen LogP contribution in [0.1, 0.15) is 24.5 Å². The van der Waals surface area contributed by atoms with Crippen molar-refractivity contribution in [1.82, 2.24) is 9.97 Å². The molecule has 0 radical (unpaired) electrons. The van der Waals surface area contributed by atoms with Crippen LogP contribution >= 0.6 is 34.2 Å². The molecule has 0 spiro atoms. The molecule has 0 atom stereocenters. The topological polar surface area (TPSA) is 28.7 Å². The van der Waals surface area contributed by atoms with E-state index in [4.69, 9.17) is 11.6 Å². The SMILES string of the molecule is Clc1ccc(I)cc1-c1ncc(C2CC2)[nH]1. The van der Waals surface area contributed by atoms with E-state index in [9.17, 15) is 0 Å². The zero-order valence-corrected chi connectivity index (χ0v) is 11.4. The van der Waals surface area contributed by atoms with E-state index in [0.29, 0.717) is 5.92 Å². The number of aromatic nitrogens is 2. The summed E-state index contributed by atoms with van der Waals surface area (Å²) in [7, 11) is 0. The van der Waals surface area contributed by atoms with Gasteiger partial charge < -0.3 is 4.98 Å². The number of aromatic amines is 1. The van der Waals surface area contributed by atoms with Crippen LogP contribution in [0.15, 0.2) is 24.4 Å². The summed E-state index contributed by atoms with van der Waals surface area (Å²) in [5.74, 6) is 1.58. The van der Waals surface area contributed by atoms with Crippen LogP contribution in [0.3, 0.4) is 0 Å². The maximum absolute atomic E-state index is 6.17. The van der Waals surface area contributed by atoms with E-state index in [1.165, 1.54) is 22.1 Å². The number of hydrogen-bond donors (Lipinski definition) is 1. The average Bonchev–Trinajstić information content (AvgIpc) is 3.01. The molecule has 1 aromatic carbocycles. The van der Waals surface area contributed by atoms with Crippen LogP contribution in [0.4, 0.5) is 0 Å². The summed E-state index contributed by atoms with van der Waals surface area (Å²) in [4.78, 5) is 7.77. The molecule has 0 amide bonds. The lowest BCUT2D eigenvalue weighted by atomic mass is 10.2. The predicted molar refractivity (Wildman–Crippen MR) is 73.7 cm³/mol. The van der Waals surface area contributed by atoms with Crippen molar-refractivity contribution in [3.8, 4) is 11.4 Å². The Labute approximate surface area is 113 Å². The molecular weight excluding hydrogens is 335 g/mol. The van der Waals surface area contributed by atoms with Crippen LogP contribution in [0.25, 0.3) is 11.4 Å². The van der Waals surface area contributed by atoms with Crippen molar-refractivity contribution in [2.24, 2.45) is 0 Å². The van der Waals surface area contributed by atoms with E-state index in [1.54, 1.807) is 0 Å².